The summed E-state index contributed by atoms with van der Waals surface area (Å²) in [7, 11) is 0. The summed E-state index contributed by atoms with van der Waals surface area (Å²) in [4.78, 5) is 32.4. The summed E-state index contributed by atoms with van der Waals surface area (Å²) in [6, 6.07) is 11.4. The van der Waals surface area contributed by atoms with E-state index < -0.39 is 0 Å². The number of aromatic nitrogens is 2. The van der Waals surface area contributed by atoms with Gasteiger partial charge in [-0.3, -0.25) is 4.79 Å². The summed E-state index contributed by atoms with van der Waals surface area (Å²) in [5, 5.41) is 2.99. The smallest absolute Gasteiger partial charge is 0.323 e. The zero-order valence-corrected chi connectivity index (χ0v) is 17.4. The van der Waals surface area contributed by atoms with E-state index in [9.17, 15) is 9.59 Å². The van der Waals surface area contributed by atoms with Crippen molar-refractivity contribution in [1.29, 1.82) is 0 Å². The van der Waals surface area contributed by atoms with E-state index in [2.05, 4.69) is 27.4 Å². The van der Waals surface area contributed by atoms with Crippen molar-refractivity contribution < 1.29 is 24.1 Å². The lowest BCUT2D eigenvalue weighted by Gasteiger charge is -2.32. The molecule has 3 heterocycles. The molecule has 0 unspecified atom stereocenters. The number of amides is 1. The van der Waals surface area contributed by atoms with Crippen molar-refractivity contribution in [3.8, 4) is 11.5 Å². The molecular weight excluding hydrogens is 398 g/mol. The van der Waals surface area contributed by atoms with E-state index in [1.54, 1.807) is 18.2 Å². The second-order valence-corrected chi connectivity index (χ2v) is 8.32. The highest BCUT2D eigenvalue weighted by Gasteiger charge is 2.31. The summed E-state index contributed by atoms with van der Waals surface area (Å²) in [5.74, 6) is 1.63. The molecule has 0 radical (unpaired) electrons. The number of aromatic amines is 2. The molecule has 31 heavy (non-hydrogen) atoms. The molecule has 0 aliphatic carbocycles. The number of ether oxygens (including phenoxy) is 2. The Labute approximate surface area is 178 Å². The fourth-order valence-corrected chi connectivity index (χ4v) is 4.42. The number of hydrogen-bond donors (Lipinski definition) is 5. The largest absolute Gasteiger partial charge is 0.454 e. The molecule has 3 aromatic rings. The van der Waals surface area contributed by atoms with Gasteiger partial charge in [0.05, 0.1) is 11.0 Å². The molecule has 0 spiro atoms. The first kappa shape index (κ1) is 19.7. The standard InChI is InChI=1S/C22H25N5O4/c1-14(21(28)23-16-3-4-17-18(11-16)25-22(29)24-17)27-8-6-26(7-9-27)12-15-2-5-19-20(10-15)31-13-30-19/h2-5,10-11,14H,6-9,12-13H2,1H3,(H,23,28)(H2,24,25,29)/p+2/t14-/m1/s1. The SMILES string of the molecule is C[C@H](C(=O)Nc1ccc2[nH]c(=O)[nH]c2c1)[NH+]1CC[NH+](Cc2ccc3c(c2)OCO3)CC1. The number of rotatable bonds is 5. The van der Waals surface area contributed by atoms with Gasteiger partial charge >= 0.3 is 5.69 Å². The zero-order valence-electron chi connectivity index (χ0n) is 17.4. The number of piperazine rings is 1. The number of fused-ring (bicyclic) bond motifs is 2. The quantitative estimate of drug-likeness (QED) is 0.358. The fraction of sp³-hybridized carbons (Fsp3) is 0.364. The third-order valence-corrected chi connectivity index (χ3v) is 6.28. The van der Waals surface area contributed by atoms with Gasteiger partial charge in [-0.1, -0.05) is 0 Å². The van der Waals surface area contributed by atoms with Gasteiger partial charge < -0.3 is 34.6 Å². The summed E-state index contributed by atoms with van der Waals surface area (Å²) >= 11 is 0. The predicted octanol–water partition coefficient (Wildman–Crippen LogP) is -1.10. The maximum absolute atomic E-state index is 12.8. The third kappa shape index (κ3) is 4.14. The van der Waals surface area contributed by atoms with Crippen LogP contribution in [0.5, 0.6) is 11.5 Å². The van der Waals surface area contributed by atoms with E-state index >= 15 is 0 Å². The second kappa shape index (κ2) is 8.09. The lowest BCUT2D eigenvalue weighted by molar-refractivity contribution is -1.02. The Bertz CT molecular complexity index is 1160. The summed E-state index contributed by atoms with van der Waals surface area (Å²) in [6.07, 6.45) is 0. The first-order valence-corrected chi connectivity index (χ1v) is 10.6. The minimum Gasteiger partial charge on any atom is -0.454 e. The predicted molar refractivity (Wildman–Crippen MR) is 115 cm³/mol. The molecule has 9 nitrogen and oxygen atoms in total. The van der Waals surface area contributed by atoms with Gasteiger partial charge in [0.1, 0.15) is 32.7 Å². The number of hydrogen-bond acceptors (Lipinski definition) is 4. The maximum atomic E-state index is 12.8. The Morgan fingerprint density at radius 1 is 1.03 bits per heavy atom. The number of anilines is 1. The van der Waals surface area contributed by atoms with Crippen molar-refractivity contribution in [2.24, 2.45) is 0 Å². The number of H-pyrrole nitrogens is 2. The number of quaternary nitrogens is 2. The van der Waals surface area contributed by atoms with Gasteiger partial charge in [-0.05, 0) is 43.3 Å². The van der Waals surface area contributed by atoms with Crippen LogP contribution in [0.3, 0.4) is 0 Å². The average molecular weight is 425 g/mol. The maximum Gasteiger partial charge on any atom is 0.323 e. The van der Waals surface area contributed by atoms with Crippen LogP contribution in [0.2, 0.25) is 0 Å². The van der Waals surface area contributed by atoms with E-state index in [-0.39, 0.29) is 17.6 Å². The Morgan fingerprint density at radius 2 is 1.81 bits per heavy atom. The lowest BCUT2D eigenvalue weighted by atomic mass is 10.1. The van der Waals surface area contributed by atoms with Gasteiger partial charge in [0.2, 0.25) is 6.79 Å². The van der Waals surface area contributed by atoms with Gasteiger partial charge in [-0.25, -0.2) is 4.79 Å². The van der Waals surface area contributed by atoms with Gasteiger partial charge in [0.25, 0.3) is 5.91 Å². The second-order valence-electron chi connectivity index (χ2n) is 8.32. The first-order chi connectivity index (χ1) is 15.0. The van der Waals surface area contributed by atoms with Crippen LogP contribution in [0.15, 0.2) is 41.2 Å². The van der Waals surface area contributed by atoms with E-state index in [0.717, 1.165) is 49.7 Å². The Balaban J connectivity index is 1.15. The van der Waals surface area contributed by atoms with Crippen molar-refractivity contribution in [1.82, 2.24) is 9.97 Å². The molecule has 1 saturated heterocycles. The number of imidazole rings is 1. The minimum absolute atomic E-state index is 0.00791. The number of carbonyl (C=O) groups is 1. The molecule has 9 heteroatoms. The van der Waals surface area contributed by atoms with Gasteiger partial charge in [-0.2, -0.15) is 0 Å². The van der Waals surface area contributed by atoms with Crippen molar-refractivity contribution >= 4 is 22.6 Å². The Kier molecular flexibility index (Phi) is 5.13. The molecule has 5 rings (SSSR count). The molecule has 162 valence electrons. The molecule has 2 aliphatic rings. The molecule has 2 aliphatic heterocycles. The molecule has 1 aromatic heterocycles. The molecule has 2 aromatic carbocycles. The van der Waals surface area contributed by atoms with Crippen LogP contribution in [-0.2, 0) is 11.3 Å². The van der Waals surface area contributed by atoms with E-state index in [4.69, 9.17) is 9.47 Å². The normalized spacial score (nSPS) is 21.2. The molecule has 1 amide bonds. The van der Waals surface area contributed by atoms with Crippen molar-refractivity contribution in [2.75, 3.05) is 38.3 Å². The molecular formula is C22H27N5O4+2. The number of carbonyl (C=O) groups excluding carboxylic acids is 1. The van der Waals surface area contributed by atoms with Gasteiger partial charge in [0.15, 0.2) is 17.5 Å². The molecule has 0 bridgehead atoms. The highest BCUT2D eigenvalue weighted by atomic mass is 16.7. The fourth-order valence-electron chi connectivity index (χ4n) is 4.42. The monoisotopic (exact) mass is 425 g/mol. The van der Waals surface area contributed by atoms with Crippen molar-refractivity contribution in [3.05, 3.63) is 52.4 Å². The van der Waals surface area contributed by atoms with E-state index in [1.807, 2.05) is 13.0 Å². The van der Waals surface area contributed by atoms with Crippen LogP contribution in [0.25, 0.3) is 11.0 Å². The van der Waals surface area contributed by atoms with E-state index in [0.29, 0.717) is 18.0 Å². The van der Waals surface area contributed by atoms with Gasteiger partial charge in [0, 0.05) is 11.3 Å². The summed E-state index contributed by atoms with van der Waals surface area (Å²) < 4.78 is 10.9. The van der Waals surface area contributed by atoms with Crippen molar-refractivity contribution in [2.45, 2.75) is 19.5 Å². The van der Waals surface area contributed by atoms with Crippen LogP contribution in [0, 0.1) is 0 Å². The zero-order chi connectivity index (χ0) is 21.4. The lowest BCUT2D eigenvalue weighted by Crippen LogP contribution is -3.29. The highest BCUT2D eigenvalue weighted by Crippen LogP contribution is 2.32. The average Bonchev–Trinajstić information content (AvgIpc) is 3.38. The van der Waals surface area contributed by atoms with Gasteiger partial charge in [-0.15, -0.1) is 0 Å². The summed E-state index contributed by atoms with van der Waals surface area (Å²) in [5.41, 5.74) is 3.09. The number of benzene rings is 2. The van der Waals surface area contributed by atoms with Crippen LogP contribution >= 0.6 is 0 Å². The van der Waals surface area contributed by atoms with Crippen LogP contribution in [0.1, 0.15) is 12.5 Å². The molecule has 0 saturated carbocycles. The van der Waals surface area contributed by atoms with Crippen molar-refractivity contribution in [3.63, 3.8) is 0 Å². The molecule has 1 atom stereocenters. The topological polar surface area (TPSA) is 105 Å². The van der Waals surface area contributed by atoms with Crippen LogP contribution in [0.4, 0.5) is 5.69 Å². The molecule has 5 N–H and O–H groups in total. The molecule has 1 fully saturated rings. The highest BCUT2D eigenvalue weighted by molar-refractivity contribution is 5.95. The van der Waals surface area contributed by atoms with Crippen LogP contribution < -0.4 is 30.3 Å². The minimum atomic E-state index is -0.252. The Hall–Kier alpha value is -3.30. The van der Waals surface area contributed by atoms with Crippen LogP contribution in [-0.4, -0.2) is 54.9 Å². The third-order valence-electron chi connectivity index (χ3n) is 6.28. The first-order valence-electron chi connectivity index (χ1n) is 10.6. The van der Waals surface area contributed by atoms with E-state index in [1.165, 1.54) is 15.4 Å². The number of nitrogens with one attached hydrogen (secondary N) is 5. The summed E-state index contributed by atoms with van der Waals surface area (Å²) in [6.45, 7) is 7.13. The Morgan fingerprint density at radius 3 is 2.65 bits per heavy atom.